The van der Waals surface area contributed by atoms with Gasteiger partial charge in [-0.25, -0.2) is 0 Å². The number of benzene rings is 1. The fraction of sp³-hybridized carbons (Fsp3) is 0.684. The monoisotopic (exact) mass is 273 g/mol. The Kier molecular flexibility index (Phi) is 4.59. The van der Waals surface area contributed by atoms with Gasteiger partial charge in [0.25, 0.3) is 0 Å². The summed E-state index contributed by atoms with van der Waals surface area (Å²) >= 11 is 0. The summed E-state index contributed by atoms with van der Waals surface area (Å²) in [5.74, 6) is 0.747. The zero-order valence-corrected chi connectivity index (χ0v) is 13.9. The van der Waals surface area contributed by atoms with Crippen LogP contribution >= 0.6 is 0 Å². The van der Waals surface area contributed by atoms with E-state index in [9.17, 15) is 0 Å². The van der Waals surface area contributed by atoms with Crippen molar-refractivity contribution in [2.75, 3.05) is 13.1 Å². The highest BCUT2D eigenvalue weighted by molar-refractivity contribution is 5.28. The van der Waals surface area contributed by atoms with Crippen LogP contribution in [-0.4, -0.2) is 13.1 Å². The maximum absolute atomic E-state index is 3.64. The van der Waals surface area contributed by atoms with Crippen LogP contribution in [0.1, 0.15) is 58.6 Å². The van der Waals surface area contributed by atoms with Gasteiger partial charge in [-0.3, -0.25) is 0 Å². The Morgan fingerprint density at radius 1 is 1.10 bits per heavy atom. The van der Waals surface area contributed by atoms with Crippen LogP contribution in [0.2, 0.25) is 0 Å². The number of hydrogen-bond acceptors (Lipinski definition) is 1. The highest BCUT2D eigenvalue weighted by atomic mass is 14.9. The third kappa shape index (κ3) is 4.34. The molecule has 1 nitrogen and oxygen atoms in total. The van der Waals surface area contributed by atoms with Crippen LogP contribution in [-0.2, 0) is 11.8 Å². The molecule has 1 aromatic carbocycles. The lowest BCUT2D eigenvalue weighted by Crippen LogP contribution is -2.28. The van der Waals surface area contributed by atoms with E-state index in [1.165, 1.54) is 36.9 Å². The van der Waals surface area contributed by atoms with Gasteiger partial charge in [-0.05, 0) is 53.7 Å². The summed E-state index contributed by atoms with van der Waals surface area (Å²) in [6.45, 7) is 13.7. The quantitative estimate of drug-likeness (QED) is 0.801. The first-order valence-corrected chi connectivity index (χ1v) is 8.11. The van der Waals surface area contributed by atoms with Crippen molar-refractivity contribution in [1.82, 2.24) is 5.32 Å². The molecule has 0 aromatic heterocycles. The number of nitrogens with one attached hydrogen (secondary N) is 1. The van der Waals surface area contributed by atoms with Gasteiger partial charge in [0.2, 0.25) is 0 Å². The zero-order chi connectivity index (χ0) is 14.8. The molecule has 0 spiro atoms. The molecule has 20 heavy (non-hydrogen) atoms. The molecule has 1 heteroatoms. The first kappa shape index (κ1) is 15.6. The molecule has 1 fully saturated rings. The Labute approximate surface area is 125 Å². The van der Waals surface area contributed by atoms with Crippen LogP contribution in [0.3, 0.4) is 0 Å². The molecule has 0 aliphatic heterocycles. The smallest absolute Gasteiger partial charge is 0.00111 e. The van der Waals surface area contributed by atoms with E-state index < -0.39 is 0 Å². The standard InChI is InChI=1S/C19H31N/c1-15(2)13-20-14-19(10-11-19)12-16-6-8-17(9-7-16)18(3,4)5/h6-9,15,20H,10-14H2,1-5H3. The summed E-state index contributed by atoms with van der Waals surface area (Å²) < 4.78 is 0. The lowest BCUT2D eigenvalue weighted by Gasteiger charge is -2.21. The SMILES string of the molecule is CC(C)CNCC1(Cc2ccc(C(C)(C)C)cc2)CC1. The molecular formula is C19H31N. The van der Waals surface area contributed by atoms with Crippen molar-refractivity contribution in [3.63, 3.8) is 0 Å². The lowest BCUT2D eigenvalue weighted by atomic mass is 9.86. The first-order valence-electron chi connectivity index (χ1n) is 8.11. The first-order chi connectivity index (χ1) is 9.31. The minimum atomic E-state index is 0.259. The third-order valence-electron chi connectivity index (χ3n) is 4.41. The Morgan fingerprint density at radius 2 is 1.70 bits per heavy atom. The fourth-order valence-electron chi connectivity index (χ4n) is 2.77. The Bertz CT molecular complexity index is 418. The summed E-state index contributed by atoms with van der Waals surface area (Å²) in [4.78, 5) is 0. The van der Waals surface area contributed by atoms with Gasteiger partial charge in [-0.2, -0.15) is 0 Å². The van der Waals surface area contributed by atoms with Crippen LogP contribution in [0.15, 0.2) is 24.3 Å². The third-order valence-corrected chi connectivity index (χ3v) is 4.41. The highest BCUT2D eigenvalue weighted by Gasteiger charge is 2.41. The molecule has 0 amide bonds. The molecule has 1 aliphatic rings. The van der Waals surface area contributed by atoms with Crippen molar-refractivity contribution < 1.29 is 0 Å². The maximum Gasteiger partial charge on any atom is 0.00111 e. The van der Waals surface area contributed by atoms with Crippen molar-refractivity contribution in [1.29, 1.82) is 0 Å². The summed E-state index contributed by atoms with van der Waals surface area (Å²) in [5.41, 5.74) is 3.75. The Hall–Kier alpha value is -0.820. The largest absolute Gasteiger partial charge is 0.316 e. The molecule has 112 valence electrons. The van der Waals surface area contributed by atoms with E-state index in [0.29, 0.717) is 5.41 Å². The Balaban J connectivity index is 1.90. The Morgan fingerprint density at radius 3 is 2.15 bits per heavy atom. The molecule has 0 radical (unpaired) electrons. The summed E-state index contributed by atoms with van der Waals surface area (Å²) in [6.07, 6.45) is 4.01. The summed E-state index contributed by atoms with van der Waals surface area (Å²) in [6, 6.07) is 9.30. The van der Waals surface area contributed by atoms with Gasteiger partial charge in [0.15, 0.2) is 0 Å². The molecule has 1 aliphatic carbocycles. The molecule has 0 bridgehead atoms. The predicted molar refractivity (Wildman–Crippen MR) is 88.2 cm³/mol. The zero-order valence-electron chi connectivity index (χ0n) is 13.9. The second-order valence-electron chi connectivity index (χ2n) is 8.15. The fourth-order valence-corrected chi connectivity index (χ4v) is 2.77. The van der Waals surface area contributed by atoms with Gasteiger partial charge >= 0.3 is 0 Å². The van der Waals surface area contributed by atoms with Crippen LogP contribution in [0.25, 0.3) is 0 Å². The van der Waals surface area contributed by atoms with Gasteiger partial charge in [0.1, 0.15) is 0 Å². The van der Waals surface area contributed by atoms with Crippen molar-refractivity contribution in [3.8, 4) is 0 Å². The maximum atomic E-state index is 3.64. The molecule has 1 saturated carbocycles. The summed E-state index contributed by atoms with van der Waals surface area (Å²) in [5, 5.41) is 3.64. The van der Waals surface area contributed by atoms with Crippen LogP contribution < -0.4 is 5.32 Å². The second kappa shape index (κ2) is 5.89. The average molecular weight is 273 g/mol. The average Bonchev–Trinajstić information content (AvgIpc) is 3.08. The van der Waals surface area contributed by atoms with E-state index in [0.717, 1.165) is 12.5 Å². The van der Waals surface area contributed by atoms with E-state index >= 15 is 0 Å². The van der Waals surface area contributed by atoms with Gasteiger partial charge in [0.05, 0.1) is 0 Å². The molecule has 0 saturated heterocycles. The van der Waals surface area contributed by atoms with Crippen LogP contribution in [0, 0.1) is 11.3 Å². The van der Waals surface area contributed by atoms with E-state index in [1.54, 1.807) is 0 Å². The number of rotatable bonds is 6. The van der Waals surface area contributed by atoms with E-state index in [-0.39, 0.29) is 5.41 Å². The molecular weight excluding hydrogens is 242 g/mol. The predicted octanol–water partition coefficient (Wildman–Crippen LogP) is 4.55. The lowest BCUT2D eigenvalue weighted by molar-refractivity contribution is 0.432. The van der Waals surface area contributed by atoms with Gasteiger partial charge in [-0.15, -0.1) is 0 Å². The molecule has 1 N–H and O–H groups in total. The molecule has 1 aromatic rings. The van der Waals surface area contributed by atoms with Crippen molar-refractivity contribution in [2.45, 2.75) is 59.3 Å². The van der Waals surface area contributed by atoms with Crippen LogP contribution in [0.5, 0.6) is 0 Å². The topological polar surface area (TPSA) is 12.0 Å². The van der Waals surface area contributed by atoms with Crippen molar-refractivity contribution in [3.05, 3.63) is 35.4 Å². The molecule has 2 rings (SSSR count). The van der Waals surface area contributed by atoms with Gasteiger partial charge < -0.3 is 5.32 Å². The van der Waals surface area contributed by atoms with Crippen LogP contribution in [0.4, 0.5) is 0 Å². The van der Waals surface area contributed by atoms with Gasteiger partial charge in [-0.1, -0.05) is 58.9 Å². The molecule has 0 heterocycles. The minimum absolute atomic E-state index is 0.259. The number of hydrogen-bond donors (Lipinski definition) is 1. The summed E-state index contributed by atoms with van der Waals surface area (Å²) in [7, 11) is 0. The van der Waals surface area contributed by atoms with Gasteiger partial charge in [0, 0.05) is 6.54 Å². The second-order valence-corrected chi connectivity index (χ2v) is 8.15. The highest BCUT2D eigenvalue weighted by Crippen LogP contribution is 2.47. The van der Waals surface area contributed by atoms with E-state index in [4.69, 9.17) is 0 Å². The normalized spacial score (nSPS) is 17.5. The van der Waals surface area contributed by atoms with Crippen molar-refractivity contribution >= 4 is 0 Å². The molecule has 0 unspecified atom stereocenters. The minimum Gasteiger partial charge on any atom is -0.316 e. The van der Waals surface area contributed by atoms with E-state index in [1.807, 2.05) is 0 Å². The molecule has 0 atom stereocenters. The van der Waals surface area contributed by atoms with Crippen molar-refractivity contribution in [2.24, 2.45) is 11.3 Å². The van der Waals surface area contributed by atoms with E-state index in [2.05, 4.69) is 64.2 Å².